The molecule has 7 nitrogen and oxygen atoms in total. The predicted molar refractivity (Wildman–Crippen MR) is 88.4 cm³/mol. The van der Waals surface area contributed by atoms with Gasteiger partial charge in [-0.3, -0.25) is 4.79 Å². The number of ether oxygens (including phenoxy) is 1. The number of nitrogens with one attached hydrogen (secondary N) is 2. The Morgan fingerprint density at radius 1 is 1.46 bits per heavy atom. The van der Waals surface area contributed by atoms with Gasteiger partial charge in [-0.1, -0.05) is 17.3 Å². The summed E-state index contributed by atoms with van der Waals surface area (Å²) in [6.45, 7) is 3.03. The smallest absolute Gasteiger partial charge is 0.249 e. The molecule has 0 saturated heterocycles. The summed E-state index contributed by atoms with van der Waals surface area (Å²) in [6, 6.07) is 7.08. The normalized spacial score (nSPS) is 15.1. The molecule has 0 spiro atoms. The number of aromatic nitrogens is 2. The maximum absolute atomic E-state index is 11.9. The molecule has 1 unspecified atom stereocenters. The van der Waals surface area contributed by atoms with Gasteiger partial charge in [-0.15, -0.1) is 0 Å². The van der Waals surface area contributed by atoms with E-state index in [0.717, 1.165) is 23.8 Å². The zero-order chi connectivity index (χ0) is 16.9. The van der Waals surface area contributed by atoms with E-state index in [2.05, 4.69) is 20.8 Å². The van der Waals surface area contributed by atoms with E-state index in [-0.39, 0.29) is 11.9 Å². The van der Waals surface area contributed by atoms with Crippen LogP contribution < -0.4 is 15.4 Å². The minimum atomic E-state index is -0.341. The van der Waals surface area contributed by atoms with Crippen molar-refractivity contribution >= 4 is 5.91 Å². The Hall–Kier alpha value is -2.41. The molecule has 3 rings (SSSR count). The highest BCUT2D eigenvalue weighted by Gasteiger charge is 2.21. The number of amides is 1. The van der Waals surface area contributed by atoms with Crippen molar-refractivity contribution in [1.29, 1.82) is 0 Å². The van der Waals surface area contributed by atoms with Crippen molar-refractivity contribution in [2.24, 2.45) is 5.92 Å². The highest BCUT2D eigenvalue weighted by molar-refractivity contribution is 5.78. The molecule has 0 radical (unpaired) electrons. The van der Waals surface area contributed by atoms with Crippen LogP contribution in [-0.4, -0.2) is 36.2 Å². The van der Waals surface area contributed by atoms with Gasteiger partial charge in [-0.2, -0.15) is 4.98 Å². The second kappa shape index (κ2) is 7.44. The number of nitrogens with zero attached hydrogens (tertiary/aromatic N) is 2. The van der Waals surface area contributed by atoms with E-state index in [1.807, 2.05) is 31.2 Å². The van der Waals surface area contributed by atoms with Crippen molar-refractivity contribution < 1.29 is 14.1 Å². The van der Waals surface area contributed by atoms with Gasteiger partial charge in [0, 0.05) is 5.56 Å². The number of carbonyl (C=O) groups excluding carboxylic acids is 1. The van der Waals surface area contributed by atoms with Gasteiger partial charge < -0.3 is 19.9 Å². The van der Waals surface area contributed by atoms with E-state index in [1.54, 1.807) is 7.11 Å². The third kappa shape index (κ3) is 4.32. The molecule has 1 atom stereocenters. The zero-order valence-corrected chi connectivity index (χ0v) is 13.9. The summed E-state index contributed by atoms with van der Waals surface area (Å²) >= 11 is 0. The lowest BCUT2D eigenvalue weighted by molar-refractivity contribution is -0.121. The van der Waals surface area contributed by atoms with Gasteiger partial charge in [0.25, 0.3) is 0 Å². The largest absolute Gasteiger partial charge is 0.497 e. The van der Waals surface area contributed by atoms with Gasteiger partial charge in [0.05, 0.1) is 13.7 Å². The maximum atomic E-state index is 11.9. The third-order valence-electron chi connectivity index (χ3n) is 3.93. The van der Waals surface area contributed by atoms with Crippen molar-refractivity contribution in [2.45, 2.75) is 25.8 Å². The molecular weight excluding hydrogens is 308 g/mol. The van der Waals surface area contributed by atoms with Crippen molar-refractivity contribution in [3.05, 3.63) is 30.2 Å². The van der Waals surface area contributed by atoms with Crippen LogP contribution in [0.3, 0.4) is 0 Å². The summed E-state index contributed by atoms with van der Waals surface area (Å²) in [5.74, 6) is 2.24. The molecule has 0 bridgehead atoms. The summed E-state index contributed by atoms with van der Waals surface area (Å²) in [5.41, 5.74) is 0.800. The van der Waals surface area contributed by atoms with E-state index in [1.165, 1.54) is 12.8 Å². The summed E-state index contributed by atoms with van der Waals surface area (Å²) < 4.78 is 10.5. The van der Waals surface area contributed by atoms with E-state index >= 15 is 0 Å². The molecule has 128 valence electrons. The van der Waals surface area contributed by atoms with E-state index in [0.29, 0.717) is 18.3 Å². The molecule has 1 heterocycles. The minimum Gasteiger partial charge on any atom is -0.497 e. The topological polar surface area (TPSA) is 89.3 Å². The minimum absolute atomic E-state index is 0.0794. The fourth-order valence-corrected chi connectivity index (χ4v) is 2.36. The molecule has 7 heteroatoms. The molecule has 2 N–H and O–H groups in total. The first-order chi connectivity index (χ1) is 11.7. The van der Waals surface area contributed by atoms with Crippen LogP contribution in [0.25, 0.3) is 11.4 Å². The molecule has 1 aliphatic carbocycles. The first-order valence-corrected chi connectivity index (χ1v) is 8.14. The summed E-state index contributed by atoms with van der Waals surface area (Å²) in [5, 5.41) is 9.99. The lowest BCUT2D eigenvalue weighted by Crippen LogP contribution is -2.36. The highest BCUT2D eigenvalue weighted by atomic mass is 16.5. The Kier molecular flexibility index (Phi) is 5.10. The van der Waals surface area contributed by atoms with Crippen LogP contribution >= 0.6 is 0 Å². The zero-order valence-electron chi connectivity index (χ0n) is 13.9. The van der Waals surface area contributed by atoms with Crippen LogP contribution in [-0.2, 0) is 4.79 Å². The number of rotatable bonds is 8. The Labute approximate surface area is 140 Å². The molecule has 1 amide bonds. The SMILES string of the molecule is COc1cccc(-c2noc(C(C)NC(=O)CNCC3CC3)n2)c1. The van der Waals surface area contributed by atoms with Crippen LogP contribution in [0.1, 0.15) is 31.7 Å². The number of methoxy groups -OCH3 is 1. The quantitative estimate of drug-likeness (QED) is 0.769. The van der Waals surface area contributed by atoms with Gasteiger partial charge in [-0.25, -0.2) is 0 Å². The second-order valence-corrected chi connectivity index (χ2v) is 6.05. The number of hydrogen-bond donors (Lipinski definition) is 2. The van der Waals surface area contributed by atoms with Gasteiger partial charge in [0.15, 0.2) is 0 Å². The molecule has 1 saturated carbocycles. The van der Waals surface area contributed by atoms with Crippen molar-refractivity contribution in [3.8, 4) is 17.1 Å². The Balaban J connectivity index is 1.56. The monoisotopic (exact) mass is 330 g/mol. The van der Waals surface area contributed by atoms with E-state index in [9.17, 15) is 4.79 Å². The molecule has 24 heavy (non-hydrogen) atoms. The first-order valence-electron chi connectivity index (χ1n) is 8.14. The summed E-state index contributed by atoms with van der Waals surface area (Å²) in [4.78, 5) is 16.3. The average molecular weight is 330 g/mol. The Bertz CT molecular complexity index is 697. The second-order valence-electron chi connectivity index (χ2n) is 6.05. The van der Waals surface area contributed by atoms with Crippen LogP contribution in [0.4, 0.5) is 0 Å². The fraction of sp³-hybridized carbons (Fsp3) is 0.471. The molecule has 1 aromatic heterocycles. The predicted octanol–water partition coefficient (Wildman–Crippen LogP) is 1.92. The van der Waals surface area contributed by atoms with E-state index in [4.69, 9.17) is 9.26 Å². The van der Waals surface area contributed by atoms with Crippen LogP contribution in [0.2, 0.25) is 0 Å². The Morgan fingerprint density at radius 3 is 3.04 bits per heavy atom. The van der Waals surface area contributed by atoms with Crippen molar-refractivity contribution in [1.82, 2.24) is 20.8 Å². The molecule has 1 fully saturated rings. The van der Waals surface area contributed by atoms with Crippen LogP contribution in [0.5, 0.6) is 5.75 Å². The lowest BCUT2D eigenvalue weighted by atomic mass is 10.2. The molecule has 1 aliphatic rings. The van der Waals surface area contributed by atoms with Crippen molar-refractivity contribution in [3.63, 3.8) is 0 Å². The third-order valence-corrected chi connectivity index (χ3v) is 3.93. The summed E-state index contributed by atoms with van der Waals surface area (Å²) in [6.07, 6.45) is 2.53. The highest BCUT2D eigenvalue weighted by Crippen LogP contribution is 2.27. The molecule has 2 aromatic rings. The van der Waals surface area contributed by atoms with Gasteiger partial charge in [-0.05, 0) is 44.4 Å². The number of carbonyl (C=O) groups is 1. The van der Waals surface area contributed by atoms with Crippen molar-refractivity contribution in [2.75, 3.05) is 20.2 Å². The van der Waals surface area contributed by atoms with Crippen LogP contribution in [0.15, 0.2) is 28.8 Å². The lowest BCUT2D eigenvalue weighted by Gasteiger charge is -2.10. The van der Waals surface area contributed by atoms with Gasteiger partial charge in [0.2, 0.25) is 17.6 Å². The summed E-state index contributed by atoms with van der Waals surface area (Å²) in [7, 11) is 1.61. The average Bonchev–Trinajstić information content (AvgIpc) is 3.27. The Morgan fingerprint density at radius 2 is 2.29 bits per heavy atom. The standard InChI is InChI=1S/C17H22N4O3/c1-11(19-15(22)10-18-9-12-6-7-12)17-20-16(21-24-17)13-4-3-5-14(8-13)23-2/h3-5,8,11-12,18H,6-7,9-10H2,1-2H3,(H,19,22). The van der Waals surface area contributed by atoms with Gasteiger partial charge in [0.1, 0.15) is 11.8 Å². The molecule has 0 aliphatic heterocycles. The van der Waals surface area contributed by atoms with Gasteiger partial charge >= 0.3 is 0 Å². The van der Waals surface area contributed by atoms with Crippen LogP contribution in [0, 0.1) is 5.92 Å². The number of benzene rings is 1. The maximum Gasteiger partial charge on any atom is 0.249 e. The number of hydrogen-bond acceptors (Lipinski definition) is 6. The van der Waals surface area contributed by atoms with E-state index < -0.39 is 0 Å². The molecular formula is C17H22N4O3. The molecule has 1 aromatic carbocycles. The fourth-order valence-electron chi connectivity index (χ4n) is 2.36. The first kappa shape index (κ1) is 16.4.